The van der Waals surface area contributed by atoms with Gasteiger partial charge in [-0.25, -0.2) is 0 Å². The molecule has 0 amide bonds. The third-order valence-electron chi connectivity index (χ3n) is 5.08. The third-order valence-corrected chi connectivity index (χ3v) is 5.08. The number of hydrogen-bond donors (Lipinski definition) is 1. The molecule has 3 unspecified atom stereocenters. The lowest BCUT2D eigenvalue weighted by Crippen LogP contribution is -2.34. The van der Waals surface area contributed by atoms with Gasteiger partial charge in [0.2, 0.25) is 0 Å². The molecule has 2 rings (SSSR count). The SMILES string of the molecule is CNC(c1ccccc1)C(C)CN1CCC(C(C)(C)C)C1. The highest BCUT2D eigenvalue weighted by Crippen LogP contribution is 2.34. The van der Waals surface area contributed by atoms with Crippen LogP contribution in [-0.2, 0) is 0 Å². The van der Waals surface area contributed by atoms with E-state index in [1.165, 1.54) is 31.6 Å². The molecular weight excluding hydrogens is 256 g/mol. The number of hydrogen-bond acceptors (Lipinski definition) is 2. The zero-order valence-electron chi connectivity index (χ0n) is 14.4. The molecule has 1 N–H and O–H groups in total. The second-order valence-electron chi connectivity index (χ2n) is 7.77. The topological polar surface area (TPSA) is 15.3 Å². The molecule has 1 heterocycles. The number of nitrogens with zero attached hydrogens (tertiary/aromatic N) is 1. The van der Waals surface area contributed by atoms with E-state index >= 15 is 0 Å². The van der Waals surface area contributed by atoms with Gasteiger partial charge in [-0.3, -0.25) is 0 Å². The fraction of sp³-hybridized carbons (Fsp3) is 0.684. The van der Waals surface area contributed by atoms with E-state index in [0.717, 1.165) is 5.92 Å². The van der Waals surface area contributed by atoms with E-state index in [-0.39, 0.29) is 0 Å². The standard InChI is InChI=1S/C19H32N2/c1-15(18(20-5)16-9-7-6-8-10-16)13-21-12-11-17(14-21)19(2,3)4/h6-10,15,17-18,20H,11-14H2,1-5H3. The fourth-order valence-electron chi connectivity index (χ4n) is 3.66. The van der Waals surface area contributed by atoms with E-state index in [4.69, 9.17) is 0 Å². The molecule has 21 heavy (non-hydrogen) atoms. The van der Waals surface area contributed by atoms with E-state index in [9.17, 15) is 0 Å². The van der Waals surface area contributed by atoms with Gasteiger partial charge in [-0.1, -0.05) is 58.0 Å². The van der Waals surface area contributed by atoms with Crippen molar-refractivity contribution in [3.8, 4) is 0 Å². The predicted octanol–water partition coefficient (Wildman–Crippen LogP) is 3.95. The summed E-state index contributed by atoms with van der Waals surface area (Å²) in [6, 6.07) is 11.3. The van der Waals surface area contributed by atoms with Crippen LogP contribution in [0.25, 0.3) is 0 Å². The van der Waals surface area contributed by atoms with Crippen molar-refractivity contribution in [3.63, 3.8) is 0 Å². The Morgan fingerprint density at radius 1 is 1.24 bits per heavy atom. The summed E-state index contributed by atoms with van der Waals surface area (Å²) in [5.41, 5.74) is 1.85. The Bertz CT molecular complexity index is 421. The Kier molecular flexibility index (Phi) is 5.45. The van der Waals surface area contributed by atoms with Crippen molar-refractivity contribution < 1.29 is 0 Å². The molecule has 2 nitrogen and oxygen atoms in total. The quantitative estimate of drug-likeness (QED) is 0.882. The first kappa shape index (κ1) is 16.5. The van der Waals surface area contributed by atoms with Gasteiger partial charge in [-0.2, -0.15) is 0 Å². The van der Waals surface area contributed by atoms with Crippen LogP contribution in [-0.4, -0.2) is 31.6 Å². The van der Waals surface area contributed by atoms with Crippen molar-refractivity contribution in [2.75, 3.05) is 26.7 Å². The maximum absolute atomic E-state index is 3.51. The molecule has 1 aliphatic heterocycles. The number of rotatable bonds is 5. The minimum atomic E-state index is 0.444. The second kappa shape index (κ2) is 6.93. The molecule has 118 valence electrons. The van der Waals surface area contributed by atoms with E-state index in [1.54, 1.807) is 0 Å². The summed E-state index contributed by atoms with van der Waals surface area (Å²) in [5, 5.41) is 3.51. The highest BCUT2D eigenvalue weighted by molar-refractivity contribution is 5.19. The van der Waals surface area contributed by atoms with Crippen molar-refractivity contribution in [1.29, 1.82) is 0 Å². The van der Waals surface area contributed by atoms with Gasteiger partial charge in [-0.15, -0.1) is 0 Å². The summed E-state index contributed by atoms with van der Waals surface area (Å²) in [6.07, 6.45) is 1.35. The lowest BCUT2D eigenvalue weighted by molar-refractivity contribution is 0.205. The molecule has 1 aromatic carbocycles. The molecule has 1 aromatic rings. The minimum absolute atomic E-state index is 0.444. The smallest absolute Gasteiger partial charge is 0.0355 e. The lowest BCUT2D eigenvalue weighted by Gasteiger charge is -2.30. The van der Waals surface area contributed by atoms with Crippen LogP contribution < -0.4 is 5.32 Å². The molecule has 1 aliphatic rings. The van der Waals surface area contributed by atoms with Crippen LogP contribution >= 0.6 is 0 Å². The van der Waals surface area contributed by atoms with Crippen molar-refractivity contribution in [3.05, 3.63) is 35.9 Å². The third kappa shape index (κ3) is 4.31. The van der Waals surface area contributed by atoms with Crippen LogP contribution in [0.2, 0.25) is 0 Å². The van der Waals surface area contributed by atoms with Crippen LogP contribution in [0.3, 0.4) is 0 Å². The summed E-state index contributed by atoms with van der Waals surface area (Å²) in [6.45, 7) is 13.2. The Morgan fingerprint density at radius 3 is 2.43 bits per heavy atom. The molecule has 0 radical (unpaired) electrons. The van der Waals surface area contributed by atoms with Crippen LogP contribution in [0.5, 0.6) is 0 Å². The Labute approximate surface area is 130 Å². The Balaban J connectivity index is 1.93. The Morgan fingerprint density at radius 2 is 1.90 bits per heavy atom. The molecule has 3 atom stereocenters. The number of likely N-dealkylation sites (tertiary alicyclic amines) is 1. The van der Waals surface area contributed by atoms with Gasteiger partial charge < -0.3 is 10.2 Å². The average Bonchev–Trinajstić information content (AvgIpc) is 2.89. The monoisotopic (exact) mass is 288 g/mol. The first-order valence-corrected chi connectivity index (χ1v) is 8.36. The van der Waals surface area contributed by atoms with E-state index in [2.05, 4.69) is 75.3 Å². The molecule has 1 fully saturated rings. The van der Waals surface area contributed by atoms with Gasteiger partial charge >= 0.3 is 0 Å². The second-order valence-corrected chi connectivity index (χ2v) is 7.77. The van der Waals surface area contributed by atoms with Gasteiger partial charge in [0.15, 0.2) is 0 Å². The first-order chi connectivity index (χ1) is 9.91. The largest absolute Gasteiger partial charge is 0.313 e. The zero-order chi connectivity index (χ0) is 15.5. The van der Waals surface area contributed by atoms with Crippen LogP contribution in [0.15, 0.2) is 30.3 Å². The fourth-order valence-corrected chi connectivity index (χ4v) is 3.66. The molecule has 0 bridgehead atoms. The summed E-state index contributed by atoms with van der Waals surface area (Å²) in [4.78, 5) is 2.66. The van der Waals surface area contributed by atoms with Crippen LogP contribution in [0.4, 0.5) is 0 Å². The Hall–Kier alpha value is -0.860. The molecule has 0 aliphatic carbocycles. The van der Waals surface area contributed by atoms with Gasteiger partial charge in [0.05, 0.1) is 0 Å². The molecule has 0 aromatic heterocycles. The normalized spacial score (nSPS) is 23.2. The molecule has 2 heteroatoms. The van der Waals surface area contributed by atoms with Crippen molar-refractivity contribution in [1.82, 2.24) is 10.2 Å². The summed E-state index contributed by atoms with van der Waals surface area (Å²) in [7, 11) is 2.08. The molecular formula is C19H32N2. The van der Waals surface area contributed by atoms with Gasteiger partial charge in [0, 0.05) is 19.1 Å². The number of benzene rings is 1. The number of nitrogens with one attached hydrogen (secondary N) is 1. The minimum Gasteiger partial charge on any atom is -0.313 e. The van der Waals surface area contributed by atoms with Crippen LogP contribution in [0.1, 0.15) is 45.7 Å². The highest BCUT2D eigenvalue weighted by Gasteiger charge is 2.32. The highest BCUT2D eigenvalue weighted by atomic mass is 15.2. The van der Waals surface area contributed by atoms with Gasteiger partial charge in [0.1, 0.15) is 0 Å². The van der Waals surface area contributed by atoms with Crippen molar-refractivity contribution in [2.24, 2.45) is 17.3 Å². The predicted molar refractivity (Wildman–Crippen MR) is 91.4 cm³/mol. The van der Waals surface area contributed by atoms with Crippen LogP contribution in [0, 0.1) is 17.3 Å². The van der Waals surface area contributed by atoms with E-state index in [1.807, 2.05) is 0 Å². The first-order valence-electron chi connectivity index (χ1n) is 8.36. The molecule has 0 saturated carbocycles. The van der Waals surface area contributed by atoms with Crippen molar-refractivity contribution in [2.45, 2.75) is 40.2 Å². The molecule has 1 saturated heterocycles. The average molecular weight is 288 g/mol. The maximum Gasteiger partial charge on any atom is 0.0355 e. The van der Waals surface area contributed by atoms with E-state index < -0.39 is 0 Å². The maximum atomic E-state index is 3.51. The van der Waals surface area contributed by atoms with E-state index in [0.29, 0.717) is 17.4 Å². The lowest BCUT2D eigenvalue weighted by atomic mass is 9.80. The van der Waals surface area contributed by atoms with Crippen molar-refractivity contribution >= 4 is 0 Å². The zero-order valence-corrected chi connectivity index (χ0v) is 14.4. The summed E-state index contributed by atoms with van der Waals surface area (Å²) in [5.74, 6) is 1.46. The summed E-state index contributed by atoms with van der Waals surface area (Å²) < 4.78 is 0. The molecule has 0 spiro atoms. The van der Waals surface area contributed by atoms with Gasteiger partial charge in [-0.05, 0) is 42.8 Å². The summed E-state index contributed by atoms with van der Waals surface area (Å²) >= 11 is 0. The van der Waals surface area contributed by atoms with Gasteiger partial charge in [0.25, 0.3) is 0 Å².